The van der Waals surface area contributed by atoms with Gasteiger partial charge in [-0.15, -0.1) is 0 Å². The molecule has 2 heterocycles. The van der Waals surface area contributed by atoms with Gasteiger partial charge >= 0.3 is 5.97 Å². The van der Waals surface area contributed by atoms with Gasteiger partial charge in [-0.2, -0.15) is 0 Å². The number of piperidine rings is 1. The van der Waals surface area contributed by atoms with Crippen LogP contribution in [0.2, 0.25) is 0 Å². The summed E-state index contributed by atoms with van der Waals surface area (Å²) in [5, 5.41) is 21.6. The Morgan fingerprint density at radius 2 is 1.82 bits per heavy atom. The third kappa shape index (κ3) is 5.70. The number of amides is 1. The number of carboxylic acids is 1. The molecule has 8 heteroatoms. The van der Waals surface area contributed by atoms with Crippen molar-refractivity contribution in [3.05, 3.63) is 58.3 Å². The van der Waals surface area contributed by atoms with Crippen LogP contribution in [-0.4, -0.2) is 50.2 Å². The number of aromatic nitrogens is 1. The molecule has 1 saturated carbocycles. The summed E-state index contributed by atoms with van der Waals surface area (Å²) in [5.41, 5.74) is -2.83. The fourth-order valence-electron chi connectivity index (χ4n) is 6.23. The third-order valence-corrected chi connectivity index (χ3v) is 8.74. The fourth-order valence-corrected chi connectivity index (χ4v) is 6.23. The van der Waals surface area contributed by atoms with E-state index in [9.17, 15) is 29.0 Å². The maximum Gasteiger partial charge on any atom is 0.337 e. The summed E-state index contributed by atoms with van der Waals surface area (Å²) < 4.78 is 15.6. The van der Waals surface area contributed by atoms with Crippen LogP contribution in [0, 0.1) is 23.1 Å². The van der Waals surface area contributed by atoms with Gasteiger partial charge in [0, 0.05) is 47.8 Å². The van der Waals surface area contributed by atoms with Gasteiger partial charge in [0.1, 0.15) is 5.82 Å². The number of aliphatic hydroxyl groups is 1. The van der Waals surface area contributed by atoms with E-state index in [4.69, 9.17) is 0 Å². The summed E-state index contributed by atoms with van der Waals surface area (Å²) in [7, 11) is 0. The Kier molecular flexibility index (Phi) is 8.12. The Balaban J connectivity index is 1.53. The van der Waals surface area contributed by atoms with Crippen LogP contribution in [0.3, 0.4) is 0 Å². The standard InChI is InChI=1S/C30H39FN2O5/c1-20(15-21-9-5-4-6-10-21)27(35)32-14-13-30(38,29(2,3)18-32)19-33-17-24(28(36)37)23(16-26(33)34)22-11-7-8-12-25(22)31/h7-8,11-12,16-17,20-21,38H,4-6,9-10,13-15,18-19H2,1-3H3,(H,36,37)/t20-,30-/m1/s1. The molecule has 2 aliphatic rings. The van der Waals surface area contributed by atoms with E-state index < -0.39 is 28.4 Å². The topological polar surface area (TPSA) is 99.8 Å². The SMILES string of the molecule is C[C@H](CC1CCCCC1)C(=O)N1CC[C@@](O)(Cn2cc(C(=O)O)c(-c3ccccc3F)cc2=O)C(C)(C)C1. The van der Waals surface area contributed by atoms with Gasteiger partial charge in [0.15, 0.2) is 0 Å². The van der Waals surface area contributed by atoms with E-state index in [-0.39, 0.29) is 41.5 Å². The van der Waals surface area contributed by atoms with Gasteiger partial charge in [-0.1, -0.05) is 71.1 Å². The minimum Gasteiger partial charge on any atom is -0.478 e. The predicted molar refractivity (Wildman–Crippen MR) is 143 cm³/mol. The molecule has 2 atom stereocenters. The number of aromatic carboxylic acids is 1. The maximum absolute atomic E-state index is 14.4. The summed E-state index contributed by atoms with van der Waals surface area (Å²) in [6, 6.07) is 6.82. The van der Waals surface area contributed by atoms with Crippen molar-refractivity contribution in [1.82, 2.24) is 9.47 Å². The Morgan fingerprint density at radius 1 is 1.13 bits per heavy atom. The van der Waals surface area contributed by atoms with Gasteiger partial charge in [-0.05, 0) is 24.8 Å². The normalized spacial score (nSPS) is 22.7. The highest BCUT2D eigenvalue weighted by atomic mass is 19.1. The van der Waals surface area contributed by atoms with Crippen LogP contribution in [0.5, 0.6) is 0 Å². The summed E-state index contributed by atoms with van der Waals surface area (Å²) in [5.74, 6) is -1.30. The quantitative estimate of drug-likeness (QED) is 0.532. The van der Waals surface area contributed by atoms with Crippen LogP contribution in [0.4, 0.5) is 4.39 Å². The summed E-state index contributed by atoms with van der Waals surface area (Å²) in [4.78, 5) is 40.2. The number of hydrogen-bond acceptors (Lipinski definition) is 4. The van der Waals surface area contributed by atoms with Crippen LogP contribution in [0.15, 0.2) is 41.3 Å². The third-order valence-electron chi connectivity index (χ3n) is 8.74. The molecule has 2 N–H and O–H groups in total. The smallest absolute Gasteiger partial charge is 0.337 e. The lowest BCUT2D eigenvalue weighted by atomic mass is 9.69. The number of carbonyl (C=O) groups is 2. The van der Waals surface area contributed by atoms with Gasteiger partial charge in [0.25, 0.3) is 5.56 Å². The Morgan fingerprint density at radius 3 is 2.45 bits per heavy atom. The Bertz CT molecular complexity index is 1250. The number of benzene rings is 1. The first-order valence-electron chi connectivity index (χ1n) is 13.7. The number of rotatable bonds is 7. The first kappa shape index (κ1) is 28.0. The molecule has 0 bridgehead atoms. The molecular weight excluding hydrogens is 487 g/mol. The Hall–Kier alpha value is -3.00. The highest BCUT2D eigenvalue weighted by molar-refractivity contribution is 5.95. The first-order chi connectivity index (χ1) is 17.9. The largest absolute Gasteiger partial charge is 0.478 e. The van der Waals surface area contributed by atoms with Crippen LogP contribution < -0.4 is 5.56 Å². The fraction of sp³-hybridized carbons (Fsp3) is 0.567. The molecule has 7 nitrogen and oxygen atoms in total. The van der Waals surface area contributed by atoms with Crippen molar-refractivity contribution in [2.45, 2.75) is 77.9 Å². The molecule has 1 aliphatic carbocycles. The van der Waals surface area contributed by atoms with E-state index in [1.165, 1.54) is 61.1 Å². The van der Waals surface area contributed by atoms with Gasteiger partial charge in [0.05, 0.1) is 17.7 Å². The van der Waals surface area contributed by atoms with Crippen molar-refractivity contribution in [2.24, 2.45) is 17.3 Å². The van der Waals surface area contributed by atoms with E-state index in [1.807, 2.05) is 25.7 Å². The number of carboxylic acid groups (broad SMARTS) is 1. The Labute approximate surface area is 223 Å². The van der Waals surface area contributed by atoms with Crippen LogP contribution in [0.1, 0.15) is 76.1 Å². The second-order valence-electron chi connectivity index (χ2n) is 11.9. The molecule has 206 valence electrons. The van der Waals surface area contributed by atoms with Crippen molar-refractivity contribution in [3.63, 3.8) is 0 Å². The molecule has 4 rings (SSSR count). The molecule has 1 aliphatic heterocycles. The van der Waals surface area contributed by atoms with Gasteiger partial charge < -0.3 is 19.7 Å². The molecule has 1 aromatic heterocycles. The van der Waals surface area contributed by atoms with Gasteiger partial charge in [-0.3, -0.25) is 9.59 Å². The first-order valence-corrected chi connectivity index (χ1v) is 13.7. The lowest BCUT2D eigenvalue weighted by Crippen LogP contribution is -2.61. The van der Waals surface area contributed by atoms with E-state index in [1.54, 1.807) is 6.07 Å². The molecular formula is C30H39FN2O5. The number of pyridine rings is 1. The second kappa shape index (κ2) is 11.0. The summed E-state index contributed by atoms with van der Waals surface area (Å²) in [6.07, 6.45) is 8.45. The molecule has 0 unspecified atom stereocenters. The molecule has 2 aromatic rings. The molecule has 0 radical (unpaired) electrons. The highest BCUT2D eigenvalue weighted by Crippen LogP contribution is 2.41. The molecule has 1 saturated heterocycles. The van der Waals surface area contributed by atoms with E-state index >= 15 is 0 Å². The molecule has 0 spiro atoms. The number of halogens is 1. The van der Waals surface area contributed by atoms with Crippen molar-refractivity contribution < 1.29 is 24.2 Å². The number of hydrogen-bond donors (Lipinski definition) is 2. The predicted octanol–water partition coefficient (Wildman–Crippen LogP) is 4.95. The average molecular weight is 527 g/mol. The minimum atomic E-state index is -1.35. The monoisotopic (exact) mass is 526 g/mol. The van der Waals surface area contributed by atoms with Gasteiger partial charge in [0.2, 0.25) is 5.91 Å². The number of carbonyl (C=O) groups excluding carboxylic acids is 1. The number of likely N-dealkylation sites (tertiary alicyclic amines) is 1. The van der Waals surface area contributed by atoms with Crippen molar-refractivity contribution >= 4 is 11.9 Å². The highest BCUT2D eigenvalue weighted by Gasteiger charge is 2.49. The average Bonchev–Trinajstić information content (AvgIpc) is 2.87. The maximum atomic E-state index is 14.4. The summed E-state index contributed by atoms with van der Waals surface area (Å²) in [6.45, 7) is 6.31. The molecule has 38 heavy (non-hydrogen) atoms. The van der Waals surface area contributed by atoms with Crippen molar-refractivity contribution in [3.8, 4) is 11.1 Å². The zero-order chi connectivity index (χ0) is 27.7. The van der Waals surface area contributed by atoms with Crippen LogP contribution >= 0.6 is 0 Å². The van der Waals surface area contributed by atoms with E-state index in [2.05, 4.69) is 0 Å². The van der Waals surface area contributed by atoms with E-state index in [0.717, 1.165) is 12.5 Å². The minimum absolute atomic E-state index is 0.00419. The van der Waals surface area contributed by atoms with E-state index in [0.29, 0.717) is 19.0 Å². The second-order valence-corrected chi connectivity index (χ2v) is 11.9. The molecule has 2 fully saturated rings. The zero-order valence-electron chi connectivity index (χ0n) is 22.6. The molecule has 1 amide bonds. The lowest BCUT2D eigenvalue weighted by molar-refractivity contribution is -0.157. The lowest BCUT2D eigenvalue weighted by Gasteiger charge is -2.51. The van der Waals surface area contributed by atoms with Crippen molar-refractivity contribution in [1.29, 1.82) is 0 Å². The zero-order valence-corrected chi connectivity index (χ0v) is 22.6. The van der Waals surface area contributed by atoms with Crippen LogP contribution in [-0.2, 0) is 11.3 Å². The summed E-state index contributed by atoms with van der Waals surface area (Å²) >= 11 is 0. The number of nitrogens with zero attached hydrogens (tertiary/aromatic N) is 2. The van der Waals surface area contributed by atoms with Crippen molar-refractivity contribution in [2.75, 3.05) is 13.1 Å². The van der Waals surface area contributed by atoms with Gasteiger partial charge in [-0.25, -0.2) is 9.18 Å². The molecule has 1 aromatic carbocycles. The van der Waals surface area contributed by atoms with Crippen LogP contribution in [0.25, 0.3) is 11.1 Å².